The van der Waals surface area contributed by atoms with Gasteiger partial charge in [-0.05, 0) is 37.3 Å². The van der Waals surface area contributed by atoms with E-state index in [-0.39, 0.29) is 23.0 Å². The Bertz CT molecular complexity index is 862. The van der Waals surface area contributed by atoms with Crippen molar-refractivity contribution in [2.75, 3.05) is 30.1 Å². The van der Waals surface area contributed by atoms with Crippen molar-refractivity contribution >= 4 is 38.7 Å². The van der Waals surface area contributed by atoms with Gasteiger partial charge in [-0.25, -0.2) is 8.42 Å². The molecule has 0 saturated carbocycles. The number of hydrogen-bond acceptors (Lipinski definition) is 4. The maximum atomic E-state index is 12.3. The average Bonchev–Trinajstić information content (AvgIpc) is 2.53. The first-order chi connectivity index (χ1) is 11.7. The van der Waals surface area contributed by atoms with Gasteiger partial charge in [0.2, 0.25) is 5.91 Å². The van der Waals surface area contributed by atoms with Gasteiger partial charge in [0.05, 0.1) is 22.0 Å². The standard InChI is InChI=1S/C18H21ClN2O3S/c1-13-4-7-15(8-5-13)25(23,24)11-10-18(22)20-16-12-14(19)6-9-17(16)21(2)3/h4-9,12H,10-11H2,1-3H3,(H,20,22). The monoisotopic (exact) mass is 380 g/mol. The molecule has 1 N–H and O–H groups in total. The lowest BCUT2D eigenvalue weighted by atomic mass is 10.2. The van der Waals surface area contributed by atoms with Crippen LogP contribution in [0.2, 0.25) is 5.02 Å². The molecule has 25 heavy (non-hydrogen) atoms. The number of benzene rings is 2. The van der Waals surface area contributed by atoms with E-state index in [0.29, 0.717) is 10.7 Å². The van der Waals surface area contributed by atoms with Gasteiger partial charge in [-0.2, -0.15) is 0 Å². The van der Waals surface area contributed by atoms with Crippen LogP contribution in [-0.4, -0.2) is 34.2 Å². The Morgan fingerprint density at radius 3 is 2.36 bits per heavy atom. The van der Waals surface area contributed by atoms with Crippen LogP contribution < -0.4 is 10.2 Å². The average molecular weight is 381 g/mol. The van der Waals surface area contributed by atoms with Crippen LogP contribution in [0.15, 0.2) is 47.4 Å². The van der Waals surface area contributed by atoms with E-state index in [9.17, 15) is 13.2 Å². The summed E-state index contributed by atoms with van der Waals surface area (Å²) in [5.41, 5.74) is 2.32. The van der Waals surface area contributed by atoms with Gasteiger partial charge in [0.15, 0.2) is 9.84 Å². The Kier molecular flexibility index (Phi) is 6.08. The van der Waals surface area contributed by atoms with Crippen molar-refractivity contribution in [3.63, 3.8) is 0 Å². The summed E-state index contributed by atoms with van der Waals surface area (Å²) in [6, 6.07) is 11.8. The van der Waals surface area contributed by atoms with Crippen LogP contribution in [0.25, 0.3) is 0 Å². The van der Waals surface area contributed by atoms with Crippen LogP contribution in [0.3, 0.4) is 0 Å². The first-order valence-corrected chi connectivity index (χ1v) is 9.78. The Morgan fingerprint density at radius 2 is 1.76 bits per heavy atom. The summed E-state index contributed by atoms with van der Waals surface area (Å²) in [6.07, 6.45) is -0.129. The highest BCUT2D eigenvalue weighted by Crippen LogP contribution is 2.28. The van der Waals surface area contributed by atoms with Crippen molar-refractivity contribution < 1.29 is 13.2 Å². The summed E-state index contributed by atoms with van der Waals surface area (Å²) in [5.74, 6) is -0.624. The van der Waals surface area contributed by atoms with Crippen LogP contribution >= 0.6 is 11.6 Å². The van der Waals surface area contributed by atoms with Gasteiger partial charge >= 0.3 is 0 Å². The Balaban J connectivity index is 2.06. The molecule has 7 heteroatoms. The van der Waals surface area contributed by atoms with E-state index >= 15 is 0 Å². The first kappa shape index (κ1) is 19.3. The molecule has 2 rings (SSSR count). The maximum absolute atomic E-state index is 12.3. The summed E-state index contributed by atoms with van der Waals surface area (Å²) >= 11 is 5.98. The second kappa shape index (κ2) is 7.89. The third-order valence-corrected chi connectivity index (χ3v) is 5.66. The molecule has 0 unspecified atom stereocenters. The van der Waals surface area contributed by atoms with Crippen LogP contribution in [0.1, 0.15) is 12.0 Å². The number of sulfone groups is 1. The molecule has 1 amide bonds. The van der Waals surface area contributed by atoms with Crippen molar-refractivity contribution in [1.82, 2.24) is 0 Å². The number of hydrogen-bond donors (Lipinski definition) is 1. The molecule has 0 radical (unpaired) electrons. The fraction of sp³-hybridized carbons (Fsp3) is 0.278. The molecule has 0 saturated heterocycles. The number of nitrogens with one attached hydrogen (secondary N) is 1. The Morgan fingerprint density at radius 1 is 1.12 bits per heavy atom. The number of carbonyl (C=O) groups is 1. The predicted octanol–water partition coefficient (Wildman–Crippen LogP) is 3.52. The molecule has 134 valence electrons. The minimum absolute atomic E-state index is 0.129. The number of nitrogens with zero attached hydrogens (tertiary/aromatic N) is 1. The van der Waals surface area contributed by atoms with Gasteiger partial charge in [0.1, 0.15) is 0 Å². The molecule has 0 aromatic heterocycles. The molecule has 0 aliphatic rings. The number of anilines is 2. The smallest absolute Gasteiger partial charge is 0.225 e. The van der Waals surface area contributed by atoms with E-state index in [1.165, 1.54) is 0 Å². The van der Waals surface area contributed by atoms with E-state index in [2.05, 4.69) is 5.32 Å². The summed E-state index contributed by atoms with van der Waals surface area (Å²) in [5, 5.41) is 3.23. The molecule has 5 nitrogen and oxygen atoms in total. The highest BCUT2D eigenvalue weighted by atomic mass is 35.5. The molecule has 0 aliphatic carbocycles. The summed E-state index contributed by atoms with van der Waals surface area (Å²) in [6.45, 7) is 1.89. The van der Waals surface area contributed by atoms with Crippen LogP contribution in [0.4, 0.5) is 11.4 Å². The summed E-state index contributed by atoms with van der Waals surface area (Å²) in [7, 11) is 0.200. The zero-order chi connectivity index (χ0) is 18.6. The van der Waals surface area contributed by atoms with E-state index in [0.717, 1.165) is 11.3 Å². The van der Waals surface area contributed by atoms with Crippen LogP contribution in [-0.2, 0) is 14.6 Å². The van der Waals surface area contributed by atoms with E-state index in [4.69, 9.17) is 11.6 Å². The van der Waals surface area contributed by atoms with E-state index in [1.54, 1.807) is 42.5 Å². The molecule has 0 spiro atoms. The molecule has 0 aliphatic heterocycles. The van der Waals surface area contributed by atoms with Crippen LogP contribution in [0, 0.1) is 6.92 Å². The number of amides is 1. The van der Waals surface area contributed by atoms with Gasteiger partial charge in [-0.3, -0.25) is 4.79 Å². The molecule has 2 aromatic rings. The summed E-state index contributed by atoms with van der Waals surface area (Å²) in [4.78, 5) is 14.3. The molecular formula is C18H21ClN2O3S. The zero-order valence-electron chi connectivity index (χ0n) is 14.4. The van der Waals surface area contributed by atoms with Crippen molar-refractivity contribution in [1.29, 1.82) is 0 Å². The minimum atomic E-state index is -3.50. The van der Waals surface area contributed by atoms with Crippen molar-refractivity contribution in [2.45, 2.75) is 18.2 Å². The molecule has 0 fully saturated rings. The fourth-order valence-electron chi connectivity index (χ4n) is 2.30. The first-order valence-electron chi connectivity index (χ1n) is 7.75. The minimum Gasteiger partial charge on any atom is -0.376 e. The van der Waals surface area contributed by atoms with Gasteiger partial charge < -0.3 is 10.2 Å². The molecule has 0 bridgehead atoms. The number of rotatable bonds is 6. The fourth-order valence-corrected chi connectivity index (χ4v) is 3.71. The van der Waals surface area contributed by atoms with Crippen molar-refractivity contribution in [3.05, 3.63) is 53.1 Å². The largest absolute Gasteiger partial charge is 0.376 e. The Labute approximate surface area is 153 Å². The number of carbonyl (C=O) groups excluding carboxylic acids is 1. The van der Waals surface area contributed by atoms with E-state index in [1.807, 2.05) is 25.9 Å². The lowest BCUT2D eigenvalue weighted by molar-refractivity contribution is -0.115. The lowest BCUT2D eigenvalue weighted by Gasteiger charge is -2.18. The number of halogens is 1. The maximum Gasteiger partial charge on any atom is 0.225 e. The number of aryl methyl sites for hydroxylation is 1. The second-order valence-electron chi connectivity index (χ2n) is 5.99. The topological polar surface area (TPSA) is 66.5 Å². The normalized spacial score (nSPS) is 11.2. The van der Waals surface area contributed by atoms with Crippen molar-refractivity contribution in [2.24, 2.45) is 0 Å². The molecule has 2 aromatic carbocycles. The second-order valence-corrected chi connectivity index (χ2v) is 8.53. The SMILES string of the molecule is Cc1ccc(S(=O)(=O)CCC(=O)Nc2cc(Cl)ccc2N(C)C)cc1. The van der Waals surface area contributed by atoms with Gasteiger partial charge in [0.25, 0.3) is 0 Å². The third kappa shape index (κ3) is 5.21. The van der Waals surface area contributed by atoms with E-state index < -0.39 is 9.84 Å². The highest BCUT2D eigenvalue weighted by molar-refractivity contribution is 7.91. The van der Waals surface area contributed by atoms with Crippen LogP contribution in [0.5, 0.6) is 0 Å². The third-order valence-electron chi connectivity index (χ3n) is 3.69. The Hall–Kier alpha value is -2.05. The van der Waals surface area contributed by atoms with Gasteiger partial charge in [0, 0.05) is 25.5 Å². The van der Waals surface area contributed by atoms with Gasteiger partial charge in [-0.15, -0.1) is 0 Å². The van der Waals surface area contributed by atoms with Crippen molar-refractivity contribution in [3.8, 4) is 0 Å². The van der Waals surface area contributed by atoms with Gasteiger partial charge in [-0.1, -0.05) is 29.3 Å². The predicted molar refractivity (Wildman–Crippen MR) is 102 cm³/mol. The molecule has 0 atom stereocenters. The quantitative estimate of drug-likeness (QED) is 0.832. The molecular weight excluding hydrogens is 360 g/mol. The zero-order valence-corrected chi connectivity index (χ0v) is 16.0. The highest BCUT2D eigenvalue weighted by Gasteiger charge is 2.17. The molecule has 0 heterocycles. The lowest BCUT2D eigenvalue weighted by Crippen LogP contribution is -2.19. The summed E-state index contributed by atoms with van der Waals surface area (Å²) < 4.78 is 24.6.